The number of hydrazone groups is 1. The minimum Gasteiger partial charge on any atom is -0.440 e. The molecule has 0 atom stereocenters. The average molecular weight is 326 g/mol. The molecule has 1 aromatic carbocycles. The summed E-state index contributed by atoms with van der Waals surface area (Å²) >= 11 is 0. The summed E-state index contributed by atoms with van der Waals surface area (Å²) in [5.41, 5.74) is 4.06. The maximum Gasteiger partial charge on any atom is 0.271 e. The second-order valence-electron chi connectivity index (χ2n) is 6.01. The first-order valence-corrected chi connectivity index (χ1v) is 8.09. The maximum absolute atomic E-state index is 12.1. The lowest BCUT2D eigenvalue weighted by molar-refractivity contribution is 0.0955. The van der Waals surface area contributed by atoms with E-state index in [9.17, 15) is 4.79 Å². The van der Waals surface area contributed by atoms with Crippen molar-refractivity contribution < 1.29 is 9.21 Å². The first kappa shape index (κ1) is 16.1. The lowest BCUT2D eigenvalue weighted by atomic mass is 10.2. The Hall–Kier alpha value is -2.76. The van der Waals surface area contributed by atoms with Gasteiger partial charge < -0.3 is 14.2 Å². The van der Waals surface area contributed by atoms with Crippen LogP contribution in [0, 0.1) is 0 Å². The second-order valence-corrected chi connectivity index (χ2v) is 6.01. The molecule has 6 nitrogen and oxygen atoms in total. The van der Waals surface area contributed by atoms with Crippen LogP contribution >= 0.6 is 0 Å². The van der Waals surface area contributed by atoms with Crippen molar-refractivity contribution in [3.8, 4) is 0 Å². The molecule has 0 aliphatic carbocycles. The topological polar surface area (TPSA) is 61.1 Å². The lowest BCUT2D eigenvalue weighted by Crippen LogP contribution is -2.18. The van der Waals surface area contributed by atoms with Crippen molar-refractivity contribution in [3.63, 3.8) is 0 Å². The maximum atomic E-state index is 12.1. The van der Waals surface area contributed by atoms with Crippen LogP contribution in [-0.2, 0) is 0 Å². The van der Waals surface area contributed by atoms with Crippen molar-refractivity contribution in [2.45, 2.75) is 12.8 Å². The number of rotatable bonds is 5. The molecule has 1 aliphatic rings. The summed E-state index contributed by atoms with van der Waals surface area (Å²) in [5.74, 6) is 1.24. The van der Waals surface area contributed by atoms with Crippen LogP contribution in [0.2, 0.25) is 0 Å². The van der Waals surface area contributed by atoms with E-state index in [4.69, 9.17) is 4.42 Å². The van der Waals surface area contributed by atoms with Gasteiger partial charge in [-0.05, 0) is 37.1 Å². The van der Waals surface area contributed by atoms with Crippen LogP contribution in [0.4, 0.5) is 11.6 Å². The summed E-state index contributed by atoms with van der Waals surface area (Å²) in [7, 11) is 3.87. The Morgan fingerprint density at radius 3 is 2.79 bits per heavy atom. The predicted octanol–water partition coefficient (Wildman–Crippen LogP) is 2.71. The Morgan fingerprint density at radius 1 is 1.25 bits per heavy atom. The molecule has 24 heavy (non-hydrogen) atoms. The quantitative estimate of drug-likeness (QED) is 0.678. The van der Waals surface area contributed by atoms with Gasteiger partial charge >= 0.3 is 0 Å². The normalized spacial score (nSPS) is 14.3. The Bertz CT molecular complexity index is 730. The summed E-state index contributed by atoms with van der Waals surface area (Å²) in [4.78, 5) is 16.3. The molecule has 0 unspecified atom stereocenters. The molecule has 0 radical (unpaired) electrons. The van der Waals surface area contributed by atoms with E-state index in [0.29, 0.717) is 11.3 Å². The zero-order valence-corrected chi connectivity index (χ0v) is 14.0. The SMILES string of the molecule is CN(C)c1cccc(C(=O)N/N=C\c2ccc(N3CCCC3)o2)c1. The van der Waals surface area contributed by atoms with Crippen LogP contribution in [-0.4, -0.2) is 39.3 Å². The van der Waals surface area contributed by atoms with Crippen molar-refractivity contribution in [2.24, 2.45) is 5.10 Å². The van der Waals surface area contributed by atoms with E-state index >= 15 is 0 Å². The molecule has 0 bridgehead atoms. The van der Waals surface area contributed by atoms with E-state index in [1.54, 1.807) is 6.07 Å². The number of nitrogens with one attached hydrogen (secondary N) is 1. The van der Waals surface area contributed by atoms with Gasteiger partial charge in [0, 0.05) is 44.5 Å². The Kier molecular flexibility index (Phi) is 4.84. The van der Waals surface area contributed by atoms with Crippen LogP contribution in [0.1, 0.15) is 29.0 Å². The third-order valence-electron chi connectivity index (χ3n) is 4.01. The highest BCUT2D eigenvalue weighted by atomic mass is 16.4. The van der Waals surface area contributed by atoms with E-state index in [1.165, 1.54) is 19.1 Å². The Balaban J connectivity index is 1.59. The van der Waals surface area contributed by atoms with Crippen LogP contribution < -0.4 is 15.2 Å². The highest BCUT2D eigenvalue weighted by molar-refractivity contribution is 5.95. The first-order chi connectivity index (χ1) is 11.6. The predicted molar refractivity (Wildman–Crippen MR) is 96.0 cm³/mol. The van der Waals surface area contributed by atoms with Gasteiger partial charge in [-0.15, -0.1) is 0 Å². The second kappa shape index (κ2) is 7.21. The minimum atomic E-state index is -0.249. The smallest absolute Gasteiger partial charge is 0.271 e. The van der Waals surface area contributed by atoms with Gasteiger partial charge in [-0.25, -0.2) is 5.43 Å². The molecule has 1 aliphatic heterocycles. The third kappa shape index (κ3) is 3.76. The fraction of sp³-hybridized carbons (Fsp3) is 0.333. The number of amides is 1. The van der Waals surface area contributed by atoms with E-state index in [2.05, 4.69) is 15.4 Å². The summed E-state index contributed by atoms with van der Waals surface area (Å²) < 4.78 is 5.72. The Labute approximate surface area is 141 Å². The third-order valence-corrected chi connectivity index (χ3v) is 4.01. The molecule has 0 saturated carbocycles. The highest BCUT2D eigenvalue weighted by Gasteiger charge is 2.15. The number of hydrogen-bond donors (Lipinski definition) is 1. The van der Waals surface area contributed by atoms with E-state index in [1.807, 2.05) is 49.3 Å². The van der Waals surface area contributed by atoms with Gasteiger partial charge in [-0.3, -0.25) is 4.79 Å². The molecule has 1 fully saturated rings. The van der Waals surface area contributed by atoms with E-state index in [0.717, 1.165) is 24.7 Å². The van der Waals surface area contributed by atoms with Gasteiger partial charge in [0.25, 0.3) is 5.91 Å². The number of benzene rings is 1. The molecule has 1 aromatic heterocycles. The van der Waals surface area contributed by atoms with Gasteiger partial charge in [-0.2, -0.15) is 5.10 Å². The number of hydrogen-bond acceptors (Lipinski definition) is 5. The molecule has 1 amide bonds. The van der Waals surface area contributed by atoms with Gasteiger partial charge in [0.05, 0.1) is 6.21 Å². The molecule has 3 rings (SSSR count). The fourth-order valence-corrected chi connectivity index (χ4v) is 2.66. The summed E-state index contributed by atoms with van der Waals surface area (Å²) in [6, 6.07) is 11.2. The molecule has 2 aromatic rings. The summed E-state index contributed by atoms with van der Waals surface area (Å²) in [6.45, 7) is 2.06. The number of anilines is 2. The van der Waals surface area contributed by atoms with Gasteiger partial charge in [0.1, 0.15) is 5.76 Å². The summed E-state index contributed by atoms with van der Waals surface area (Å²) in [6.07, 6.45) is 3.92. The molecule has 0 spiro atoms. The van der Waals surface area contributed by atoms with Crippen LogP contribution in [0.25, 0.3) is 0 Å². The zero-order valence-electron chi connectivity index (χ0n) is 14.0. The molecule has 6 heteroatoms. The number of carbonyl (C=O) groups excluding carboxylic acids is 1. The van der Waals surface area contributed by atoms with Crippen molar-refractivity contribution in [1.29, 1.82) is 0 Å². The summed E-state index contributed by atoms with van der Waals surface area (Å²) in [5, 5.41) is 3.98. The van der Waals surface area contributed by atoms with Crippen LogP contribution in [0.15, 0.2) is 45.9 Å². The molecule has 126 valence electrons. The molecule has 2 heterocycles. The number of carbonyl (C=O) groups is 1. The molecular weight excluding hydrogens is 304 g/mol. The molecule has 1 N–H and O–H groups in total. The lowest BCUT2D eigenvalue weighted by Gasteiger charge is -2.12. The molecule has 1 saturated heterocycles. The standard InChI is InChI=1S/C18H22N4O2/c1-21(2)15-7-5-6-14(12-15)18(23)20-19-13-16-8-9-17(24-16)22-10-3-4-11-22/h5-9,12-13H,3-4,10-11H2,1-2H3,(H,20,23)/b19-13-. The van der Waals surface area contributed by atoms with E-state index in [-0.39, 0.29) is 5.91 Å². The van der Waals surface area contributed by atoms with E-state index < -0.39 is 0 Å². The van der Waals surface area contributed by atoms with Gasteiger partial charge in [-0.1, -0.05) is 6.07 Å². The number of furan rings is 1. The molecular formula is C18H22N4O2. The fourth-order valence-electron chi connectivity index (χ4n) is 2.66. The largest absolute Gasteiger partial charge is 0.440 e. The van der Waals surface area contributed by atoms with Gasteiger partial charge in [0.15, 0.2) is 5.88 Å². The Morgan fingerprint density at radius 2 is 2.04 bits per heavy atom. The van der Waals surface area contributed by atoms with Crippen molar-refractivity contribution in [2.75, 3.05) is 37.0 Å². The number of nitrogens with zero attached hydrogens (tertiary/aromatic N) is 3. The minimum absolute atomic E-state index is 0.249. The van der Waals surface area contributed by atoms with Gasteiger partial charge in [0.2, 0.25) is 0 Å². The zero-order chi connectivity index (χ0) is 16.9. The first-order valence-electron chi connectivity index (χ1n) is 8.09. The van der Waals surface area contributed by atoms with Crippen LogP contribution in [0.3, 0.4) is 0 Å². The van der Waals surface area contributed by atoms with Crippen molar-refractivity contribution in [1.82, 2.24) is 5.43 Å². The average Bonchev–Trinajstić information content (AvgIpc) is 3.26. The monoisotopic (exact) mass is 326 g/mol. The highest BCUT2D eigenvalue weighted by Crippen LogP contribution is 2.22. The van der Waals surface area contributed by atoms with Crippen molar-refractivity contribution in [3.05, 3.63) is 47.7 Å². The van der Waals surface area contributed by atoms with Crippen molar-refractivity contribution >= 4 is 23.7 Å². The van der Waals surface area contributed by atoms with Crippen LogP contribution in [0.5, 0.6) is 0 Å².